The van der Waals surface area contributed by atoms with Gasteiger partial charge >= 0.3 is 5.69 Å². The topological polar surface area (TPSA) is 122 Å². The van der Waals surface area contributed by atoms with E-state index in [1.54, 1.807) is 72.8 Å². The number of anilines is 2. The molecule has 0 saturated heterocycles. The van der Waals surface area contributed by atoms with Gasteiger partial charge in [-0.15, -0.1) is 0 Å². The number of hydrogen-bond donors (Lipinski definition) is 3. The van der Waals surface area contributed by atoms with Crippen LogP contribution in [0, 0.1) is 0 Å². The number of rotatable bonds is 6. The molecule has 3 N–H and O–H groups in total. The first kappa shape index (κ1) is 21.6. The van der Waals surface area contributed by atoms with Gasteiger partial charge in [-0.2, -0.15) is 0 Å². The van der Waals surface area contributed by atoms with Crippen LogP contribution >= 0.6 is 0 Å². The van der Waals surface area contributed by atoms with Crippen LogP contribution in [-0.4, -0.2) is 28.5 Å². The molecule has 1 aromatic heterocycles. The van der Waals surface area contributed by atoms with Gasteiger partial charge in [0.2, 0.25) is 5.91 Å². The summed E-state index contributed by atoms with van der Waals surface area (Å²) in [5.41, 5.74) is 0.103. The van der Waals surface area contributed by atoms with Crippen molar-refractivity contribution in [2.45, 2.75) is 6.54 Å². The number of nitrogens with one attached hydrogen (secondary N) is 3. The third-order valence-corrected chi connectivity index (χ3v) is 4.96. The molecular formula is C24H20N4O5. The summed E-state index contributed by atoms with van der Waals surface area (Å²) in [4.78, 5) is 53.1. The van der Waals surface area contributed by atoms with E-state index in [1.807, 2.05) is 0 Å². The number of carbonyl (C=O) groups excluding carboxylic acids is 2. The van der Waals surface area contributed by atoms with Crippen LogP contribution in [-0.2, 0) is 11.3 Å². The normalized spacial score (nSPS) is 10.6. The molecule has 0 atom stereocenters. The molecule has 3 aromatic carbocycles. The molecule has 4 rings (SSSR count). The Hall–Kier alpha value is -4.66. The van der Waals surface area contributed by atoms with E-state index in [0.29, 0.717) is 22.3 Å². The molecule has 166 valence electrons. The summed E-state index contributed by atoms with van der Waals surface area (Å²) in [6.45, 7) is -0.509. The molecule has 0 radical (unpaired) electrons. The number of ether oxygens (including phenoxy) is 1. The highest BCUT2D eigenvalue weighted by molar-refractivity contribution is 6.10. The molecule has 4 aromatic rings. The Morgan fingerprint density at radius 1 is 0.939 bits per heavy atom. The lowest BCUT2D eigenvalue weighted by Gasteiger charge is -2.12. The number of para-hydroxylation sites is 2. The number of aromatic nitrogens is 2. The van der Waals surface area contributed by atoms with E-state index in [1.165, 1.54) is 7.11 Å². The molecule has 1 heterocycles. The molecule has 33 heavy (non-hydrogen) atoms. The van der Waals surface area contributed by atoms with Crippen molar-refractivity contribution >= 4 is 34.1 Å². The van der Waals surface area contributed by atoms with Crippen molar-refractivity contribution < 1.29 is 14.3 Å². The van der Waals surface area contributed by atoms with Gasteiger partial charge in [0, 0.05) is 11.8 Å². The van der Waals surface area contributed by atoms with E-state index in [9.17, 15) is 19.2 Å². The Labute approximate surface area is 187 Å². The zero-order chi connectivity index (χ0) is 23.4. The SMILES string of the molecule is COc1cccc(NC(=O)c2ccccc2NC(=O)Cn2c(=O)[nH]c3ccccc3c2=O)c1. The fourth-order valence-corrected chi connectivity index (χ4v) is 3.37. The second-order valence-corrected chi connectivity index (χ2v) is 7.15. The number of fused-ring (bicyclic) bond motifs is 1. The molecule has 0 bridgehead atoms. The molecule has 9 heteroatoms. The van der Waals surface area contributed by atoms with E-state index < -0.39 is 29.6 Å². The Balaban J connectivity index is 1.55. The first-order valence-corrected chi connectivity index (χ1v) is 10.0. The van der Waals surface area contributed by atoms with Gasteiger partial charge in [0.25, 0.3) is 11.5 Å². The highest BCUT2D eigenvalue weighted by atomic mass is 16.5. The van der Waals surface area contributed by atoms with Crippen LogP contribution in [0.1, 0.15) is 10.4 Å². The van der Waals surface area contributed by atoms with Gasteiger partial charge in [-0.3, -0.25) is 19.0 Å². The lowest BCUT2D eigenvalue weighted by molar-refractivity contribution is -0.116. The first-order chi connectivity index (χ1) is 16.0. The maximum Gasteiger partial charge on any atom is 0.329 e. The summed E-state index contributed by atoms with van der Waals surface area (Å²) >= 11 is 0. The van der Waals surface area contributed by atoms with Crippen molar-refractivity contribution in [2.75, 3.05) is 17.7 Å². The fourth-order valence-electron chi connectivity index (χ4n) is 3.37. The maximum atomic E-state index is 12.8. The van der Waals surface area contributed by atoms with Gasteiger partial charge in [-0.1, -0.05) is 30.3 Å². The van der Waals surface area contributed by atoms with Crippen molar-refractivity contribution in [1.82, 2.24) is 9.55 Å². The minimum Gasteiger partial charge on any atom is -0.497 e. The molecular weight excluding hydrogens is 424 g/mol. The lowest BCUT2D eigenvalue weighted by Crippen LogP contribution is -2.38. The number of nitrogens with zero attached hydrogens (tertiary/aromatic N) is 1. The molecule has 0 unspecified atom stereocenters. The van der Waals surface area contributed by atoms with Crippen LogP contribution in [0.5, 0.6) is 5.75 Å². The monoisotopic (exact) mass is 444 g/mol. The molecule has 0 aliphatic heterocycles. The largest absolute Gasteiger partial charge is 0.497 e. The predicted molar refractivity (Wildman–Crippen MR) is 125 cm³/mol. The predicted octanol–water partition coefficient (Wildman–Crippen LogP) is 2.59. The van der Waals surface area contributed by atoms with E-state index in [2.05, 4.69) is 15.6 Å². The van der Waals surface area contributed by atoms with E-state index in [0.717, 1.165) is 4.57 Å². The number of benzene rings is 3. The van der Waals surface area contributed by atoms with Gasteiger partial charge in [0.05, 0.1) is 29.3 Å². The summed E-state index contributed by atoms with van der Waals surface area (Å²) < 4.78 is 5.97. The zero-order valence-electron chi connectivity index (χ0n) is 17.6. The zero-order valence-corrected chi connectivity index (χ0v) is 17.6. The second-order valence-electron chi connectivity index (χ2n) is 7.15. The van der Waals surface area contributed by atoms with Crippen LogP contribution in [0.4, 0.5) is 11.4 Å². The van der Waals surface area contributed by atoms with Crippen molar-refractivity contribution in [3.05, 3.63) is 99.2 Å². The van der Waals surface area contributed by atoms with Gasteiger partial charge in [0.1, 0.15) is 12.3 Å². The number of hydrogen-bond acceptors (Lipinski definition) is 5. The van der Waals surface area contributed by atoms with Crippen molar-refractivity contribution in [1.29, 1.82) is 0 Å². The summed E-state index contributed by atoms with van der Waals surface area (Å²) in [5.74, 6) is -0.486. The third kappa shape index (κ3) is 4.67. The molecule has 0 aliphatic carbocycles. The fraction of sp³-hybridized carbons (Fsp3) is 0.0833. The summed E-state index contributed by atoms with van der Waals surface area (Å²) in [5, 5.41) is 5.66. The summed E-state index contributed by atoms with van der Waals surface area (Å²) in [6.07, 6.45) is 0. The molecule has 0 spiro atoms. The van der Waals surface area contributed by atoms with E-state index >= 15 is 0 Å². The third-order valence-electron chi connectivity index (χ3n) is 4.96. The number of carbonyl (C=O) groups is 2. The van der Waals surface area contributed by atoms with Gasteiger partial charge in [-0.05, 0) is 36.4 Å². The quantitative estimate of drug-likeness (QED) is 0.422. The van der Waals surface area contributed by atoms with Gasteiger partial charge in [-0.25, -0.2) is 4.79 Å². The maximum absolute atomic E-state index is 12.8. The Morgan fingerprint density at radius 3 is 2.52 bits per heavy atom. The van der Waals surface area contributed by atoms with E-state index in [4.69, 9.17) is 4.74 Å². The standard InChI is InChI=1S/C24H20N4O5/c1-33-16-8-6-7-15(13-16)25-22(30)17-9-2-4-11-19(17)26-21(29)14-28-23(31)18-10-3-5-12-20(18)27-24(28)32/h2-13H,14H2,1H3,(H,25,30)(H,26,29)(H,27,32). The molecule has 0 saturated carbocycles. The average molecular weight is 444 g/mol. The molecule has 9 nitrogen and oxygen atoms in total. The molecule has 2 amide bonds. The Bertz CT molecular complexity index is 1470. The highest BCUT2D eigenvalue weighted by Crippen LogP contribution is 2.20. The number of methoxy groups -OCH3 is 1. The van der Waals surface area contributed by atoms with Crippen LogP contribution < -0.4 is 26.6 Å². The highest BCUT2D eigenvalue weighted by Gasteiger charge is 2.16. The summed E-state index contributed by atoms with van der Waals surface area (Å²) in [7, 11) is 1.53. The van der Waals surface area contributed by atoms with Crippen LogP contribution in [0.25, 0.3) is 10.9 Å². The average Bonchev–Trinajstić information content (AvgIpc) is 2.82. The molecule has 0 fully saturated rings. The lowest BCUT2D eigenvalue weighted by atomic mass is 10.1. The van der Waals surface area contributed by atoms with Crippen molar-refractivity contribution in [3.63, 3.8) is 0 Å². The van der Waals surface area contributed by atoms with Crippen LogP contribution in [0.15, 0.2) is 82.4 Å². The Kier molecular flexibility index (Phi) is 6.03. The molecule has 0 aliphatic rings. The number of H-pyrrole nitrogens is 1. The van der Waals surface area contributed by atoms with Crippen LogP contribution in [0.3, 0.4) is 0 Å². The first-order valence-electron chi connectivity index (χ1n) is 10.0. The van der Waals surface area contributed by atoms with Crippen molar-refractivity contribution in [3.8, 4) is 5.75 Å². The van der Waals surface area contributed by atoms with Crippen molar-refractivity contribution in [2.24, 2.45) is 0 Å². The number of aromatic amines is 1. The number of amides is 2. The summed E-state index contributed by atoms with van der Waals surface area (Å²) in [6, 6.07) is 19.8. The van der Waals surface area contributed by atoms with Gasteiger partial charge in [0.15, 0.2) is 0 Å². The minimum atomic E-state index is -0.696. The van der Waals surface area contributed by atoms with E-state index in [-0.39, 0.29) is 11.3 Å². The second kappa shape index (κ2) is 9.23. The Morgan fingerprint density at radius 2 is 1.70 bits per heavy atom. The minimum absolute atomic E-state index is 0.216. The van der Waals surface area contributed by atoms with Gasteiger partial charge < -0.3 is 20.4 Å². The smallest absolute Gasteiger partial charge is 0.329 e. The van der Waals surface area contributed by atoms with Crippen LogP contribution in [0.2, 0.25) is 0 Å².